The third kappa shape index (κ3) is 2.58. The smallest absolute Gasteiger partial charge is 0.327 e. The molecule has 0 aliphatic carbocycles. The second-order valence-electron chi connectivity index (χ2n) is 2.92. The molecule has 1 N–H and O–H groups in total. The fourth-order valence-corrected chi connectivity index (χ4v) is 0.780. The first kappa shape index (κ1) is 10.2. The number of nitrogens with zero attached hydrogens (tertiary/aromatic N) is 3. The summed E-state index contributed by atoms with van der Waals surface area (Å²) in [6.45, 7) is -0.00991. The van der Waals surface area contributed by atoms with Crippen molar-refractivity contribution >= 4 is 11.9 Å². The second kappa shape index (κ2) is 4.40. The van der Waals surface area contributed by atoms with Gasteiger partial charge in [-0.15, -0.1) is 0 Å². The van der Waals surface area contributed by atoms with Crippen LogP contribution in [0, 0.1) is 0 Å². The second-order valence-corrected chi connectivity index (χ2v) is 2.92. The van der Waals surface area contributed by atoms with E-state index in [0.717, 1.165) is 0 Å². The lowest BCUT2D eigenvalue weighted by Gasteiger charge is -2.10. The summed E-state index contributed by atoms with van der Waals surface area (Å²) in [5, 5.41) is 2.46. The van der Waals surface area contributed by atoms with Crippen molar-refractivity contribution in [3.05, 3.63) is 18.7 Å². The van der Waals surface area contributed by atoms with Crippen molar-refractivity contribution in [1.29, 1.82) is 0 Å². The Hall–Kier alpha value is -1.85. The normalized spacial score (nSPS) is 9.57. The molecule has 0 bridgehead atoms. The van der Waals surface area contributed by atoms with Gasteiger partial charge in [-0.2, -0.15) is 0 Å². The summed E-state index contributed by atoms with van der Waals surface area (Å²) in [7, 11) is 3.26. The van der Waals surface area contributed by atoms with Gasteiger partial charge in [0.1, 0.15) is 6.33 Å². The summed E-state index contributed by atoms with van der Waals surface area (Å²) in [6.07, 6.45) is 4.37. The summed E-state index contributed by atoms with van der Waals surface area (Å²) in [4.78, 5) is 27.5. The average molecular weight is 196 g/mol. The van der Waals surface area contributed by atoms with Crippen LogP contribution in [0.15, 0.2) is 18.7 Å². The van der Waals surface area contributed by atoms with Gasteiger partial charge in [-0.25, -0.2) is 9.78 Å². The summed E-state index contributed by atoms with van der Waals surface area (Å²) in [5.41, 5.74) is 0. The Balaban J connectivity index is 2.40. The van der Waals surface area contributed by atoms with Crippen LogP contribution in [0.2, 0.25) is 0 Å². The summed E-state index contributed by atoms with van der Waals surface area (Å²) >= 11 is 0. The van der Waals surface area contributed by atoms with Gasteiger partial charge in [-0.1, -0.05) is 0 Å². The van der Waals surface area contributed by atoms with Gasteiger partial charge in [-0.05, 0) is 0 Å². The highest BCUT2D eigenvalue weighted by Gasteiger charge is 2.07. The first-order valence-corrected chi connectivity index (χ1v) is 4.07. The number of imidazole rings is 1. The number of hydrogen-bond acceptors (Lipinski definition) is 3. The van der Waals surface area contributed by atoms with Crippen molar-refractivity contribution < 1.29 is 9.59 Å². The molecule has 0 unspecified atom stereocenters. The van der Waals surface area contributed by atoms with Crippen molar-refractivity contribution in [3.63, 3.8) is 0 Å². The van der Waals surface area contributed by atoms with E-state index < -0.39 is 0 Å². The molecular formula is C8H12N4O2. The number of likely N-dealkylation sites (N-methyl/N-ethyl adjacent to an activating group) is 1. The number of carbonyl (C=O) groups excluding carboxylic acids is 2. The molecule has 76 valence electrons. The number of aromatic nitrogens is 2. The molecule has 6 heteroatoms. The number of carbonyl (C=O) groups is 2. The van der Waals surface area contributed by atoms with Gasteiger partial charge < -0.3 is 10.2 Å². The number of nitrogens with one attached hydrogen (secondary N) is 1. The zero-order valence-electron chi connectivity index (χ0n) is 8.10. The summed E-state index contributed by atoms with van der Waals surface area (Å²) in [6, 6.07) is -0.363. The Morgan fingerprint density at radius 3 is 2.71 bits per heavy atom. The highest BCUT2D eigenvalue weighted by molar-refractivity contribution is 5.84. The van der Waals surface area contributed by atoms with Crippen molar-refractivity contribution in [3.8, 4) is 0 Å². The van der Waals surface area contributed by atoms with Crippen LogP contribution in [0.1, 0.15) is 0 Å². The fourth-order valence-electron chi connectivity index (χ4n) is 0.780. The van der Waals surface area contributed by atoms with Crippen LogP contribution in [0.3, 0.4) is 0 Å². The molecule has 6 nitrogen and oxygen atoms in total. The molecular weight excluding hydrogens is 184 g/mol. The first-order valence-electron chi connectivity index (χ1n) is 4.07. The minimum absolute atomic E-state index is 0.00991. The molecule has 0 saturated heterocycles. The van der Waals surface area contributed by atoms with Crippen LogP contribution in [0.25, 0.3) is 0 Å². The maximum absolute atomic E-state index is 11.3. The summed E-state index contributed by atoms with van der Waals surface area (Å²) in [5.74, 6) is -0.154. The maximum Gasteiger partial charge on any atom is 0.327 e. The third-order valence-electron chi connectivity index (χ3n) is 1.63. The highest BCUT2D eigenvalue weighted by Crippen LogP contribution is 1.84. The van der Waals surface area contributed by atoms with Crippen LogP contribution in [-0.2, 0) is 4.79 Å². The molecule has 0 aromatic carbocycles. The minimum Gasteiger partial charge on any atom is -0.347 e. The number of hydrogen-bond donors (Lipinski definition) is 1. The van der Waals surface area contributed by atoms with Crippen LogP contribution >= 0.6 is 0 Å². The molecule has 0 aliphatic heterocycles. The van der Waals surface area contributed by atoms with Crippen molar-refractivity contribution in [1.82, 2.24) is 19.8 Å². The Labute approximate surface area is 81.5 Å². The molecule has 1 rings (SSSR count). The van der Waals surface area contributed by atoms with E-state index in [0.29, 0.717) is 0 Å². The van der Waals surface area contributed by atoms with Crippen LogP contribution < -0.4 is 5.32 Å². The Morgan fingerprint density at radius 2 is 2.21 bits per heavy atom. The quantitative estimate of drug-likeness (QED) is 0.695. The number of rotatable bonds is 2. The van der Waals surface area contributed by atoms with Gasteiger partial charge in [0.25, 0.3) is 0 Å². The van der Waals surface area contributed by atoms with E-state index in [4.69, 9.17) is 0 Å². The standard InChI is InChI=1S/C8H12N4O2/c1-11(2)7(13)5-10-8(14)12-4-3-9-6-12/h3-4,6H,5H2,1-2H3,(H,10,14). The van der Waals surface area contributed by atoms with E-state index in [-0.39, 0.29) is 18.5 Å². The lowest BCUT2D eigenvalue weighted by atomic mass is 10.5. The SMILES string of the molecule is CN(C)C(=O)CNC(=O)n1ccnc1. The number of amides is 2. The van der Waals surface area contributed by atoms with Crippen LogP contribution in [0.5, 0.6) is 0 Å². The fraction of sp³-hybridized carbons (Fsp3) is 0.375. The maximum atomic E-state index is 11.3. The molecule has 14 heavy (non-hydrogen) atoms. The molecule has 0 saturated carbocycles. The minimum atomic E-state index is -0.363. The Bertz CT molecular complexity index is 318. The molecule has 0 fully saturated rings. The lowest BCUT2D eigenvalue weighted by Crippen LogP contribution is -2.37. The largest absolute Gasteiger partial charge is 0.347 e. The van der Waals surface area contributed by atoms with E-state index >= 15 is 0 Å². The molecule has 1 aromatic heterocycles. The monoisotopic (exact) mass is 196 g/mol. The van der Waals surface area contributed by atoms with Crippen molar-refractivity contribution in [2.24, 2.45) is 0 Å². The van der Waals surface area contributed by atoms with Gasteiger partial charge in [0.15, 0.2) is 0 Å². The topological polar surface area (TPSA) is 67.2 Å². The van der Waals surface area contributed by atoms with Gasteiger partial charge in [-0.3, -0.25) is 9.36 Å². The predicted molar refractivity (Wildman–Crippen MR) is 49.7 cm³/mol. The van der Waals surface area contributed by atoms with E-state index in [1.165, 1.54) is 28.2 Å². The van der Waals surface area contributed by atoms with Gasteiger partial charge in [0, 0.05) is 26.5 Å². The van der Waals surface area contributed by atoms with Crippen LogP contribution in [-0.4, -0.2) is 47.0 Å². The Kier molecular flexibility index (Phi) is 3.22. The van der Waals surface area contributed by atoms with Crippen molar-refractivity contribution in [2.75, 3.05) is 20.6 Å². The van der Waals surface area contributed by atoms with E-state index in [1.54, 1.807) is 14.1 Å². The zero-order valence-corrected chi connectivity index (χ0v) is 8.10. The molecule has 0 atom stereocenters. The molecule has 0 spiro atoms. The molecule has 2 amide bonds. The summed E-state index contributed by atoms with van der Waals surface area (Å²) < 4.78 is 1.27. The first-order chi connectivity index (χ1) is 6.61. The molecule has 1 heterocycles. The third-order valence-corrected chi connectivity index (χ3v) is 1.63. The van der Waals surface area contributed by atoms with Crippen LogP contribution in [0.4, 0.5) is 4.79 Å². The van der Waals surface area contributed by atoms with Crippen molar-refractivity contribution in [2.45, 2.75) is 0 Å². The van der Waals surface area contributed by atoms with Gasteiger partial charge in [0.05, 0.1) is 6.54 Å². The van der Waals surface area contributed by atoms with E-state index in [1.807, 2.05) is 0 Å². The Morgan fingerprint density at radius 1 is 1.50 bits per heavy atom. The average Bonchev–Trinajstić information content (AvgIpc) is 2.66. The van der Waals surface area contributed by atoms with E-state index in [2.05, 4.69) is 10.3 Å². The molecule has 1 aromatic rings. The zero-order chi connectivity index (χ0) is 10.6. The van der Waals surface area contributed by atoms with E-state index in [9.17, 15) is 9.59 Å². The lowest BCUT2D eigenvalue weighted by molar-refractivity contribution is -0.127. The van der Waals surface area contributed by atoms with Gasteiger partial charge in [0.2, 0.25) is 5.91 Å². The molecule has 0 radical (unpaired) electrons. The predicted octanol–water partition coefficient (Wildman–Crippen LogP) is -0.471. The molecule has 0 aliphatic rings. The van der Waals surface area contributed by atoms with Gasteiger partial charge >= 0.3 is 6.03 Å². The highest BCUT2D eigenvalue weighted by atomic mass is 16.2.